The van der Waals surface area contributed by atoms with Gasteiger partial charge < -0.3 is 9.64 Å². The maximum absolute atomic E-state index is 5.92. The van der Waals surface area contributed by atoms with Gasteiger partial charge in [-0.2, -0.15) is 0 Å². The molecule has 2 heteroatoms. The Morgan fingerprint density at radius 3 is 2.26 bits per heavy atom. The van der Waals surface area contributed by atoms with E-state index < -0.39 is 0 Å². The zero-order valence-electron chi connectivity index (χ0n) is 16.1. The van der Waals surface area contributed by atoms with Crippen LogP contribution in [0.15, 0.2) is 78.9 Å². The summed E-state index contributed by atoms with van der Waals surface area (Å²) in [5.74, 6) is 1.48. The molecule has 4 rings (SSSR count). The Bertz CT molecular complexity index is 870. The van der Waals surface area contributed by atoms with E-state index in [4.69, 9.17) is 4.74 Å². The quantitative estimate of drug-likeness (QED) is 0.610. The summed E-state index contributed by atoms with van der Waals surface area (Å²) in [7, 11) is 4.40. The second-order valence-corrected chi connectivity index (χ2v) is 7.66. The predicted molar refractivity (Wildman–Crippen MR) is 111 cm³/mol. The van der Waals surface area contributed by atoms with Gasteiger partial charge in [-0.3, -0.25) is 0 Å². The molecule has 0 amide bonds. The van der Waals surface area contributed by atoms with Crippen molar-refractivity contribution in [2.45, 2.75) is 31.4 Å². The van der Waals surface area contributed by atoms with Crippen molar-refractivity contribution in [1.82, 2.24) is 4.90 Å². The van der Waals surface area contributed by atoms with Crippen molar-refractivity contribution < 1.29 is 4.74 Å². The van der Waals surface area contributed by atoms with E-state index in [1.807, 2.05) is 18.2 Å². The average Bonchev–Trinajstić information content (AvgIpc) is 3.07. The van der Waals surface area contributed by atoms with Gasteiger partial charge in [-0.05, 0) is 61.3 Å². The molecule has 0 bridgehead atoms. The lowest BCUT2D eigenvalue weighted by atomic mass is 9.90. The van der Waals surface area contributed by atoms with Gasteiger partial charge in [-0.25, -0.2) is 0 Å². The monoisotopic (exact) mass is 357 g/mol. The van der Waals surface area contributed by atoms with Gasteiger partial charge in [0.05, 0.1) is 0 Å². The number of nitrogens with zero attached hydrogens (tertiary/aromatic N) is 1. The summed E-state index contributed by atoms with van der Waals surface area (Å²) >= 11 is 0. The lowest BCUT2D eigenvalue weighted by Crippen LogP contribution is -2.32. The third-order valence-corrected chi connectivity index (χ3v) is 5.64. The molecule has 0 fully saturated rings. The first kappa shape index (κ1) is 17.8. The molecule has 0 aromatic heterocycles. The molecule has 2 atom stereocenters. The molecule has 0 spiro atoms. The van der Waals surface area contributed by atoms with Crippen LogP contribution < -0.4 is 4.74 Å². The fourth-order valence-corrected chi connectivity index (χ4v) is 4.16. The largest absolute Gasteiger partial charge is 0.489 e. The third-order valence-electron chi connectivity index (χ3n) is 5.64. The number of fused-ring (bicyclic) bond motifs is 1. The summed E-state index contributed by atoms with van der Waals surface area (Å²) in [6.07, 6.45) is 2.21. The first-order valence-corrected chi connectivity index (χ1v) is 9.70. The third kappa shape index (κ3) is 4.06. The number of hydrogen-bond acceptors (Lipinski definition) is 2. The fourth-order valence-electron chi connectivity index (χ4n) is 4.16. The molecule has 0 saturated carbocycles. The van der Waals surface area contributed by atoms with E-state index in [0.29, 0.717) is 18.6 Å². The number of ether oxygens (including phenoxy) is 1. The van der Waals surface area contributed by atoms with Crippen LogP contribution in [0.1, 0.15) is 28.2 Å². The van der Waals surface area contributed by atoms with Crippen molar-refractivity contribution in [3.63, 3.8) is 0 Å². The molecule has 2 nitrogen and oxygen atoms in total. The van der Waals surface area contributed by atoms with Crippen LogP contribution in [-0.4, -0.2) is 25.0 Å². The Labute approximate surface area is 162 Å². The van der Waals surface area contributed by atoms with Gasteiger partial charge in [-0.15, -0.1) is 0 Å². The average molecular weight is 357 g/mol. The van der Waals surface area contributed by atoms with Crippen molar-refractivity contribution in [2.24, 2.45) is 0 Å². The molecule has 27 heavy (non-hydrogen) atoms. The van der Waals surface area contributed by atoms with Crippen LogP contribution in [-0.2, 0) is 19.4 Å². The second-order valence-electron chi connectivity index (χ2n) is 7.66. The minimum absolute atomic E-state index is 0.548. The standard InChI is InChI=1S/C25H27NO/c1-26(2)25-17-21-10-6-7-11-23(21)24(25)16-19-12-14-22(15-13-19)27-18-20-8-4-3-5-9-20/h3-15,24-25H,16-18H2,1-2H3/t24-,25+/m0/s1. The molecule has 0 unspecified atom stereocenters. The van der Waals surface area contributed by atoms with Crippen LogP contribution in [0.2, 0.25) is 0 Å². The Morgan fingerprint density at radius 2 is 1.52 bits per heavy atom. The highest BCUT2D eigenvalue weighted by atomic mass is 16.5. The molecule has 1 aliphatic rings. The molecule has 0 saturated heterocycles. The summed E-state index contributed by atoms with van der Waals surface area (Å²) in [5.41, 5.74) is 5.58. The van der Waals surface area contributed by atoms with E-state index >= 15 is 0 Å². The van der Waals surface area contributed by atoms with Gasteiger partial charge in [0, 0.05) is 12.0 Å². The minimum Gasteiger partial charge on any atom is -0.489 e. The summed E-state index contributed by atoms with van der Waals surface area (Å²) in [4.78, 5) is 2.38. The second kappa shape index (κ2) is 7.98. The Balaban J connectivity index is 1.44. The highest BCUT2D eigenvalue weighted by Crippen LogP contribution is 2.38. The first-order chi connectivity index (χ1) is 13.2. The SMILES string of the molecule is CN(C)[C@@H]1Cc2ccccc2[C@@H]1Cc1ccc(OCc2ccccc2)cc1. The Kier molecular flexibility index (Phi) is 5.26. The van der Waals surface area contributed by atoms with Crippen LogP contribution in [0.5, 0.6) is 5.75 Å². The van der Waals surface area contributed by atoms with Crippen LogP contribution in [0.25, 0.3) is 0 Å². The summed E-state index contributed by atoms with van der Waals surface area (Å²) in [5, 5.41) is 0. The lowest BCUT2D eigenvalue weighted by molar-refractivity contribution is 0.265. The lowest BCUT2D eigenvalue weighted by Gasteiger charge is -2.27. The van der Waals surface area contributed by atoms with Crippen LogP contribution in [0.4, 0.5) is 0 Å². The fraction of sp³-hybridized carbons (Fsp3) is 0.280. The summed E-state index contributed by atoms with van der Waals surface area (Å²) in [6, 6.07) is 28.4. The highest BCUT2D eigenvalue weighted by Gasteiger charge is 2.33. The van der Waals surface area contributed by atoms with E-state index in [-0.39, 0.29) is 0 Å². The zero-order valence-corrected chi connectivity index (χ0v) is 16.1. The van der Waals surface area contributed by atoms with Gasteiger partial charge in [-0.1, -0.05) is 66.7 Å². The topological polar surface area (TPSA) is 12.5 Å². The summed E-state index contributed by atoms with van der Waals surface area (Å²) in [6.45, 7) is 0.610. The zero-order chi connectivity index (χ0) is 18.6. The molecule has 0 N–H and O–H groups in total. The molecule has 0 aliphatic heterocycles. The number of likely N-dealkylation sites (N-methyl/N-ethyl adjacent to an activating group) is 1. The molecule has 138 valence electrons. The van der Waals surface area contributed by atoms with Crippen LogP contribution >= 0.6 is 0 Å². The van der Waals surface area contributed by atoms with Crippen molar-refractivity contribution in [3.05, 3.63) is 101 Å². The number of benzene rings is 3. The number of rotatable bonds is 6. The minimum atomic E-state index is 0.548. The molecule has 0 heterocycles. The predicted octanol–water partition coefficient (Wildman–Crippen LogP) is 5.08. The molecular weight excluding hydrogens is 330 g/mol. The summed E-state index contributed by atoms with van der Waals surface area (Å²) < 4.78 is 5.92. The van der Waals surface area contributed by atoms with Crippen LogP contribution in [0.3, 0.4) is 0 Å². The van der Waals surface area contributed by atoms with E-state index in [9.17, 15) is 0 Å². The van der Waals surface area contributed by atoms with Gasteiger partial charge in [0.25, 0.3) is 0 Å². The van der Waals surface area contributed by atoms with Gasteiger partial charge in [0.1, 0.15) is 12.4 Å². The van der Waals surface area contributed by atoms with E-state index in [1.165, 1.54) is 22.3 Å². The number of hydrogen-bond donors (Lipinski definition) is 0. The van der Waals surface area contributed by atoms with Gasteiger partial charge in [0.15, 0.2) is 0 Å². The molecule has 1 aliphatic carbocycles. The Hall–Kier alpha value is -2.58. The normalized spacial score (nSPS) is 18.5. The van der Waals surface area contributed by atoms with Gasteiger partial charge >= 0.3 is 0 Å². The molecule has 0 radical (unpaired) electrons. The van der Waals surface area contributed by atoms with Crippen molar-refractivity contribution in [3.8, 4) is 5.75 Å². The van der Waals surface area contributed by atoms with Crippen LogP contribution in [0, 0.1) is 0 Å². The van der Waals surface area contributed by atoms with Crippen molar-refractivity contribution in [1.29, 1.82) is 0 Å². The van der Waals surface area contributed by atoms with E-state index in [0.717, 1.165) is 18.6 Å². The highest BCUT2D eigenvalue weighted by molar-refractivity contribution is 5.40. The van der Waals surface area contributed by atoms with E-state index in [1.54, 1.807) is 0 Å². The molecule has 3 aromatic carbocycles. The van der Waals surface area contributed by atoms with Crippen molar-refractivity contribution >= 4 is 0 Å². The van der Waals surface area contributed by atoms with E-state index in [2.05, 4.69) is 79.7 Å². The maximum Gasteiger partial charge on any atom is 0.119 e. The molecular formula is C25H27NO. The molecule has 3 aromatic rings. The van der Waals surface area contributed by atoms with Gasteiger partial charge in [0.2, 0.25) is 0 Å². The Morgan fingerprint density at radius 1 is 0.815 bits per heavy atom. The van der Waals surface area contributed by atoms with Crippen molar-refractivity contribution in [2.75, 3.05) is 14.1 Å². The smallest absolute Gasteiger partial charge is 0.119 e. The maximum atomic E-state index is 5.92. The first-order valence-electron chi connectivity index (χ1n) is 9.70.